The molecule has 18 heavy (non-hydrogen) atoms. The summed E-state index contributed by atoms with van der Waals surface area (Å²) in [6, 6.07) is 6.09. The maximum absolute atomic E-state index is 12.1. The molecule has 0 atom stereocenters. The molecule has 1 heterocycles. The molecule has 2 aromatic rings. The highest BCUT2D eigenvalue weighted by molar-refractivity contribution is 5.89. The zero-order chi connectivity index (χ0) is 13.1. The second-order valence-corrected chi connectivity index (χ2v) is 3.80. The number of hydrogen-bond acceptors (Lipinski definition) is 4. The Kier molecular flexibility index (Phi) is 3.38. The number of ether oxygens (including phenoxy) is 1. The summed E-state index contributed by atoms with van der Waals surface area (Å²) in [5, 5.41) is 11.6. The van der Waals surface area contributed by atoms with E-state index >= 15 is 0 Å². The van der Waals surface area contributed by atoms with E-state index in [1.54, 1.807) is 25.4 Å². The monoisotopic (exact) mass is 248 g/mol. The van der Waals surface area contributed by atoms with Gasteiger partial charge in [0, 0.05) is 25.9 Å². The first kappa shape index (κ1) is 12.3. The van der Waals surface area contributed by atoms with E-state index in [9.17, 15) is 14.9 Å². The molecule has 0 aliphatic carbocycles. The number of aromatic nitrogens is 1. The standard InChI is InChI=1S/C12H12N2O4/c1-18-8-7-13-6-5-9-10(12(13)15)3-2-4-11(9)14(16)17/h2-6H,7-8H2,1H3. The summed E-state index contributed by atoms with van der Waals surface area (Å²) < 4.78 is 6.39. The van der Waals surface area contributed by atoms with E-state index in [0.717, 1.165) is 0 Å². The molecule has 0 N–H and O–H groups in total. The van der Waals surface area contributed by atoms with Gasteiger partial charge in [0.05, 0.1) is 22.3 Å². The Morgan fingerprint density at radius 2 is 2.11 bits per heavy atom. The number of rotatable bonds is 4. The lowest BCUT2D eigenvalue weighted by Gasteiger charge is -2.06. The van der Waals surface area contributed by atoms with Crippen LogP contribution in [0.3, 0.4) is 0 Å². The number of methoxy groups -OCH3 is 1. The van der Waals surface area contributed by atoms with Crippen LogP contribution < -0.4 is 5.56 Å². The van der Waals surface area contributed by atoms with Crippen LogP contribution in [0.4, 0.5) is 5.69 Å². The Morgan fingerprint density at radius 1 is 1.33 bits per heavy atom. The van der Waals surface area contributed by atoms with Crippen molar-refractivity contribution < 1.29 is 9.66 Å². The second-order valence-electron chi connectivity index (χ2n) is 3.80. The molecule has 0 saturated carbocycles. The van der Waals surface area contributed by atoms with Crippen LogP contribution in [0.2, 0.25) is 0 Å². The molecule has 0 aliphatic heterocycles. The summed E-state index contributed by atoms with van der Waals surface area (Å²) in [6.45, 7) is 0.842. The fourth-order valence-corrected chi connectivity index (χ4v) is 1.83. The van der Waals surface area contributed by atoms with Gasteiger partial charge in [-0.15, -0.1) is 0 Å². The quantitative estimate of drug-likeness (QED) is 0.607. The van der Waals surface area contributed by atoms with Crippen molar-refractivity contribution in [2.75, 3.05) is 13.7 Å². The fraction of sp³-hybridized carbons (Fsp3) is 0.250. The number of benzene rings is 1. The SMILES string of the molecule is COCCn1ccc2c([N+](=O)[O-])cccc2c1=O. The predicted octanol–water partition coefficient (Wildman–Crippen LogP) is 1.56. The van der Waals surface area contributed by atoms with Gasteiger partial charge in [-0.2, -0.15) is 0 Å². The van der Waals surface area contributed by atoms with Crippen molar-refractivity contribution in [3.8, 4) is 0 Å². The number of hydrogen-bond donors (Lipinski definition) is 0. The van der Waals surface area contributed by atoms with Gasteiger partial charge in [0.2, 0.25) is 0 Å². The lowest BCUT2D eigenvalue weighted by molar-refractivity contribution is -0.383. The smallest absolute Gasteiger partial charge is 0.277 e. The van der Waals surface area contributed by atoms with Crippen LogP contribution in [0, 0.1) is 10.1 Å². The largest absolute Gasteiger partial charge is 0.383 e. The molecule has 0 spiro atoms. The molecule has 0 saturated heterocycles. The number of non-ortho nitro benzene ring substituents is 1. The highest BCUT2D eigenvalue weighted by Gasteiger charge is 2.13. The van der Waals surface area contributed by atoms with Gasteiger partial charge in [-0.25, -0.2) is 0 Å². The van der Waals surface area contributed by atoms with E-state index in [2.05, 4.69) is 0 Å². The lowest BCUT2D eigenvalue weighted by Crippen LogP contribution is -2.21. The van der Waals surface area contributed by atoms with E-state index < -0.39 is 4.92 Å². The number of nitrogens with zero attached hydrogens (tertiary/aromatic N) is 2. The van der Waals surface area contributed by atoms with Crippen molar-refractivity contribution in [3.63, 3.8) is 0 Å². The third kappa shape index (κ3) is 2.10. The van der Waals surface area contributed by atoms with Gasteiger partial charge in [-0.1, -0.05) is 6.07 Å². The van der Waals surface area contributed by atoms with Gasteiger partial charge >= 0.3 is 0 Å². The van der Waals surface area contributed by atoms with Crippen LogP contribution >= 0.6 is 0 Å². The molecule has 6 nitrogen and oxygen atoms in total. The topological polar surface area (TPSA) is 74.4 Å². The van der Waals surface area contributed by atoms with Crippen LogP contribution in [0.5, 0.6) is 0 Å². The maximum atomic E-state index is 12.1. The van der Waals surface area contributed by atoms with Gasteiger partial charge < -0.3 is 9.30 Å². The van der Waals surface area contributed by atoms with Gasteiger partial charge in [0.15, 0.2) is 0 Å². The highest BCUT2D eigenvalue weighted by Crippen LogP contribution is 2.22. The molecule has 6 heteroatoms. The van der Waals surface area contributed by atoms with E-state index in [-0.39, 0.29) is 11.2 Å². The Labute approximate surface area is 103 Å². The number of pyridine rings is 1. The van der Waals surface area contributed by atoms with Gasteiger partial charge in [0.1, 0.15) is 0 Å². The summed E-state index contributed by atoms with van der Waals surface area (Å²) in [5.74, 6) is 0. The van der Waals surface area contributed by atoms with Crippen LogP contribution in [-0.2, 0) is 11.3 Å². The summed E-state index contributed by atoms with van der Waals surface area (Å²) >= 11 is 0. The Morgan fingerprint density at radius 3 is 2.78 bits per heavy atom. The molecule has 94 valence electrons. The first-order valence-electron chi connectivity index (χ1n) is 5.40. The van der Waals surface area contributed by atoms with E-state index in [1.807, 2.05) is 0 Å². The van der Waals surface area contributed by atoms with Crippen LogP contribution in [-0.4, -0.2) is 23.2 Å². The second kappa shape index (κ2) is 4.97. The summed E-state index contributed by atoms with van der Waals surface area (Å²) in [7, 11) is 1.55. The van der Waals surface area contributed by atoms with E-state index in [0.29, 0.717) is 23.9 Å². The minimum atomic E-state index is -0.485. The summed E-state index contributed by atoms with van der Waals surface area (Å²) in [6.07, 6.45) is 1.55. The molecular formula is C12H12N2O4. The molecular weight excluding hydrogens is 236 g/mol. The van der Waals surface area contributed by atoms with Gasteiger partial charge in [-0.05, 0) is 12.1 Å². The van der Waals surface area contributed by atoms with E-state index in [1.165, 1.54) is 16.7 Å². The Hall–Kier alpha value is -2.21. The average Bonchev–Trinajstić information content (AvgIpc) is 2.37. The van der Waals surface area contributed by atoms with Gasteiger partial charge in [-0.3, -0.25) is 14.9 Å². The Balaban J connectivity index is 2.62. The summed E-state index contributed by atoms with van der Waals surface area (Å²) in [5.41, 5.74) is -0.295. The zero-order valence-corrected chi connectivity index (χ0v) is 9.83. The van der Waals surface area contributed by atoms with Crippen LogP contribution in [0.1, 0.15) is 0 Å². The Bertz CT molecular complexity index is 648. The van der Waals surface area contributed by atoms with Crippen molar-refractivity contribution in [3.05, 3.63) is 50.9 Å². The van der Waals surface area contributed by atoms with Crippen LogP contribution in [0.15, 0.2) is 35.3 Å². The van der Waals surface area contributed by atoms with Crippen molar-refractivity contribution in [2.24, 2.45) is 0 Å². The first-order valence-corrected chi connectivity index (χ1v) is 5.40. The van der Waals surface area contributed by atoms with E-state index in [4.69, 9.17) is 4.74 Å². The predicted molar refractivity (Wildman–Crippen MR) is 66.7 cm³/mol. The molecule has 0 amide bonds. The summed E-state index contributed by atoms with van der Waals surface area (Å²) in [4.78, 5) is 22.5. The van der Waals surface area contributed by atoms with Crippen molar-refractivity contribution >= 4 is 16.5 Å². The maximum Gasteiger partial charge on any atom is 0.277 e. The van der Waals surface area contributed by atoms with Crippen molar-refractivity contribution in [2.45, 2.75) is 6.54 Å². The molecule has 2 rings (SSSR count). The molecule has 0 unspecified atom stereocenters. The van der Waals surface area contributed by atoms with Gasteiger partial charge in [0.25, 0.3) is 11.2 Å². The highest BCUT2D eigenvalue weighted by atomic mass is 16.6. The molecule has 1 aromatic carbocycles. The first-order chi connectivity index (χ1) is 8.65. The number of nitro groups is 1. The van der Waals surface area contributed by atoms with Crippen molar-refractivity contribution in [1.82, 2.24) is 4.57 Å². The molecule has 1 aromatic heterocycles. The average molecular weight is 248 g/mol. The fourth-order valence-electron chi connectivity index (χ4n) is 1.83. The molecule has 0 bridgehead atoms. The molecule has 0 fully saturated rings. The minimum absolute atomic E-state index is 0.0523. The number of fused-ring (bicyclic) bond motifs is 1. The number of nitro benzene ring substituents is 1. The zero-order valence-electron chi connectivity index (χ0n) is 9.83. The molecule has 0 radical (unpaired) electrons. The third-order valence-electron chi connectivity index (χ3n) is 2.73. The minimum Gasteiger partial charge on any atom is -0.383 e. The van der Waals surface area contributed by atoms with Crippen molar-refractivity contribution in [1.29, 1.82) is 0 Å². The third-order valence-corrected chi connectivity index (χ3v) is 2.73. The molecule has 0 aliphatic rings. The normalized spacial score (nSPS) is 10.7. The van der Waals surface area contributed by atoms with Crippen LogP contribution in [0.25, 0.3) is 10.8 Å². The lowest BCUT2D eigenvalue weighted by atomic mass is 10.1.